The van der Waals surface area contributed by atoms with Gasteiger partial charge in [0.2, 0.25) is 17.7 Å². The topological polar surface area (TPSA) is 134 Å². The molecule has 0 aliphatic carbocycles. The van der Waals surface area contributed by atoms with Crippen molar-refractivity contribution in [3.63, 3.8) is 0 Å². The lowest BCUT2D eigenvalue weighted by Crippen LogP contribution is -2.51. The van der Waals surface area contributed by atoms with E-state index in [1.165, 1.54) is 9.13 Å². The van der Waals surface area contributed by atoms with Gasteiger partial charge in [-0.3, -0.25) is 28.8 Å². The largest absolute Gasteiger partial charge is 0.336 e. The normalized spacial score (nSPS) is 25.7. The summed E-state index contributed by atoms with van der Waals surface area (Å²) in [7, 11) is -1.80. The summed E-state index contributed by atoms with van der Waals surface area (Å²) in [5.41, 5.74) is 1.76. The van der Waals surface area contributed by atoms with Crippen LogP contribution in [-0.2, 0) is 38.1 Å². The number of unbranched alkanes of at least 4 members (excludes halogenated alkanes) is 1. The third-order valence-electron chi connectivity index (χ3n) is 9.94. The summed E-state index contributed by atoms with van der Waals surface area (Å²) in [4.78, 5) is 52.4. The minimum Gasteiger partial charge on any atom is -0.336 e. The first-order valence-corrected chi connectivity index (χ1v) is 17.1. The van der Waals surface area contributed by atoms with Gasteiger partial charge in [-0.1, -0.05) is 12.5 Å². The number of imide groups is 1. The molecule has 2 atom stereocenters. The molecule has 4 fully saturated rings. The Morgan fingerprint density at radius 2 is 1.74 bits per heavy atom. The summed E-state index contributed by atoms with van der Waals surface area (Å²) in [6, 6.07) is 5.07. The van der Waals surface area contributed by atoms with Crippen LogP contribution >= 0.6 is 0 Å². The van der Waals surface area contributed by atoms with Crippen molar-refractivity contribution in [2.45, 2.75) is 88.6 Å². The van der Waals surface area contributed by atoms with Crippen LogP contribution in [0.25, 0.3) is 11.0 Å². The van der Waals surface area contributed by atoms with Crippen molar-refractivity contribution in [2.24, 2.45) is 7.05 Å². The number of rotatable bonds is 8. The van der Waals surface area contributed by atoms with E-state index in [4.69, 9.17) is 0 Å². The monoisotopic (exact) mass is 614 g/mol. The number of benzene rings is 1. The van der Waals surface area contributed by atoms with Crippen LogP contribution < -0.4 is 11.0 Å². The van der Waals surface area contributed by atoms with Crippen LogP contribution in [-0.4, -0.2) is 87.0 Å². The summed E-state index contributed by atoms with van der Waals surface area (Å²) in [5.74, 6) is -0.663. The lowest BCUT2D eigenvalue weighted by atomic mass is 9.94. The van der Waals surface area contributed by atoms with Gasteiger partial charge in [-0.15, -0.1) is 0 Å². The number of likely N-dealkylation sites (tertiary alicyclic amines) is 1. The Balaban J connectivity index is 1.05. The van der Waals surface area contributed by atoms with Gasteiger partial charge in [0.1, 0.15) is 6.04 Å². The first-order valence-electron chi connectivity index (χ1n) is 15.7. The van der Waals surface area contributed by atoms with Gasteiger partial charge in [0.15, 0.2) is 0 Å². The molecule has 0 bridgehead atoms. The number of imidazole rings is 1. The molecule has 2 aromatic rings. The second-order valence-corrected chi connectivity index (χ2v) is 14.6. The Morgan fingerprint density at radius 3 is 2.51 bits per heavy atom. The van der Waals surface area contributed by atoms with E-state index in [9.17, 15) is 27.6 Å². The van der Waals surface area contributed by atoms with Crippen molar-refractivity contribution < 1.29 is 22.8 Å². The van der Waals surface area contributed by atoms with Crippen LogP contribution in [0.3, 0.4) is 0 Å². The molecule has 4 saturated heterocycles. The number of piperidine rings is 2. The van der Waals surface area contributed by atoms with Gasteiger partial charge in [0.25, 0.3) is 10.2 Å². The van der Waals surface area contributed by atoms with Crippen LogP contribution in [0.4, 0.5) is 0 Å². The number of carbonyl (C=O) groups is 3. The zero-order valence-electron chi connectivity index (χ0n) is 24.9. The number of fused-ring (bicyclic) bond motifs is 1. The summed E-state index contributed by atoms with van der Waals surface area (Å²) in [6.07, 6.45) is 8.52. The second-order valence-electron chi connectivity index (χ2n) is 12.6. The Kier molecular flexibility index (Phi) is 8.24. The predicted octanol–water partition coefficient (Wildman–Crippen LogP) is 1.83. The maximum atomic E-state index is 13.4. The standard InChI is InChI=1S/C30H42N6O6S/c1-32-25-20-22(10-11-23(25)36(29(32)40)24-12-13-26(37)31-28(24)39)8-3-4-9-27(38)35-18-7-14-30(35)15-19-34(21-30)43(41,42)33-16-5-2-6-17-33/h10-11,20,24H,2-9,12-19,21H2,1H3,(H,31,37,39). The van der Waals surface area contributed by atoms with Crippen LogP contribution in [0.5, 0.6) is 0 Å². The quantitative estimate of drug-likeness (QED) is 0.356. The number of aryl methyl sites for hydroxylation is 2. The fraction of sp³-hybridized carbons (Fsp3) is 0.667. The SMILES string of the molecule is Cn1c(=O)n(C2CCC(=O)NC2=O)c2ccc(CCCCC(=O)N3CCCC34CCN(S(=O)(=O)N3CCCCC3)C4)cc21. The molecular weight excluding hydrogens is 572 g/mol. The van der Waals surface area contributed by atoms with E-state index < -0.39 is 22.2 Å². The van der Waals surface area contributed by atoms with Crippen LogP contribution in [0.2, 0.25) is 0 Å². The molecule has 2 unspecified atom stereocenters. The predicted molar refractivity (Wildman–Crippen MR) is 160 cm³/mol. The van der Waals surface area contributed by atoms with Gasteiger partial charge < -0.3 is 4.90 Å². The Hall–Kier alpha value is -3.03. The Morgan fingerprint density at radius 1 is 0.953 bits per heavy atom. The molecule has 12 nitrogen and oxygen atoms in total. The number of aromatic nitrogens is 2. The lowest BCUT2D eigenvalue weighted by molar-refractivity contribution is -0.136. The van der Waals surface area contributed by atoms with Crippen LogP contribution in [0.15, 0.2) is 23.0 Å². The summed E-state index contributed by atoms with van der Waals surface area (Å²) in [5, 5.41) is 2.33. The van der Waals surface area contributed by atoms with Gasteiger partial charge in [-0.05, 0) is 75.5 Å². The maximum Gasteiger partial charge on any atom is 0.329 e. The van der Waals surface area contributed by atoms with E-state index in [0.717, 1.165) is 62.4 Å². The molecule has 1 aromatic carbocycles. The molecular formula is C30H42N6O6S. The fourth-order valence-electron chi connectivity index (χ4n) is 7.56. The summed E-state index contributed by atoms with van der Waals surface area (Å²) >= 11 is 0. The minimum absolute atomic E-state index is 0.105. The van der Waals surface area contributed by atoms with E-state index in [0.29, 0.717) is 57.5 Å². The van der Waals surface area contributed by atoms with Crippen LogP contribution in [0, 0.1) is 0 Å². The number of hydrogen-bond donors (Lipinski definition) is 1. The zero-order valence-corrected chi connectivity index (χ0v) is 25.7. The van der Waals surface area contributed by atoms with Crippen molar-refractivity contribution in [3.05, 3.63) is 34.2 Å². The highest BCUT2D eigenvalue weighted by Gasteiger charge is 2.51. The molecule has 4 aliphatic rings. The van der Waals surface area contributed by atoms with Crippen molar-refractivity contribution >= 4 is 39.0 Å². The smallest absolute Gasteiger partial charge is 0.329 e. The molecule has 234 valence electrons. The van der Waals surface area contributed by atoms with Gasteiger partial charge in [0, 0.05) is 52.6 Å². The molecule has 43 heavy (non-hydrogen) atoms. The lowest BCUT2D eigenvalue weighted by Gasteiger charge is -2.36. The number of amides is 3. The fourth-order valence-corrected chi connectivity index (χ4v) is 9.33. The molecule has 1 spiro atoms. The van der Waals surface area contributed by atoms with Gasteiger partial charge >= 0.3 is 5.69 Å². The van der Waals surface area contributed by atoms with Crippen molar-refractivity contribution in [2.75, 3.05) is 32.7 Å². The van der Waals surface area contributed by atoms with Gasteiger partial charge in [-0.25, -0.2) is 4.79 Å². The maximum absolute atomic E-state index is 13.4. The van der Waals surface area contributed by atoms with Crippen molar-refractivity contribution in [1.29, 1.82) is 0 Å². The number of carbonyl (C=O) groups excluding carboxylic acids is 3. The molecule has 4 aliphatic heterocycles. The van der Waals surface area contributed by atoms with E-state index in [1.54, 1.807) is 15.7 Å². The third-order valence-corrected chi connectivity index (χ3v) is 11.9. The minimum atomic E-state index is -3.48. The summed E-state index contributed by atoms with van der Waals surface area (Å²) in [6.45, 7) is 2.73. The third kappa shape index (κ3) is 5.55. The number of nitrogens with zero attached hydrogens (tertiary/aromatic N) is 5. The molecule has 0 saturated carbocycles. The molecule has 6 rings (SSSR count). The highest BCUT2D eigenvalue weighted by molar-refractivity contribution is 7.86. The average molecular weight is 615 g/mol. The highest BCUT2D eigenvalue weighted by atomic mass is 32.2. The summed E-state index contributed by atoms with van der Waals surface area (Å²) < 4.78 is 32.8. The molecule has 1 N–H and O–H groups in total. The van der Waals surface area contributed by atoms with Crippen molar-refractivity contribution in [1.82, 2.24) is 28.0 Å². The van der Waals surface area contributed by atoms with E-state index in [1.807, 2.05) is 23.1 Å². The van der Waals surface area contributed by atoms with E-state index in [2.05, 4.69) is 5.32 Å². The Labute approximate surface area is 252 Å². The molecule has 5 heterocycles. The van der Waals surface area contributed by atoms with Gasteiger partial charge in [-0.2, -0.15) is 17.0 Å². The highest BCUT2D eigenvalue weighted by Crippen LogP contribution is 2.40. The van der Waals surface area contributed by atoms with E-state index >= 15 is 0 Å². The Bertz CT molecular complexity index is 1590. The van der Waals surface area contributed by atoms with Crippen molar-refractivity contribution in [3.8, 4) is 0 Å². The van der Waals surface area contributed by atoms with Crippen LogP contribution in [0.1, 0.15) is 82.2 Å². The average Bonchev–Trinajstić information content (AvgIpc) is 3.69. The molecule has 13 heteroatoms. The number of nitrogens with one attached hydrogen (secondary N) is 1. The second kappa shape index (κ2) is 11.8. The van der Waals surface area contributed by atoms with E-state index in [-0.39, 0.29) is 29.5 Å². The first kappa shape index (κ1) is 30.0. The zero-order chi connectivity index (χ0) is 30.4. The first-order chi connectivity index (χ1) is 20.6. The molecule has 1 aromatic heterocycles. The van der Waals surface area contributed by atoms with Gasteiger partial charge in [0.05, 0.1) is 16.6 Å². The molecule has 3 amide bonds. The molecule has 0 radical (unpaired) electrons. The number of hydrogen-bond acceptors (Lipinski definition) is 6.